The van der Waals surface area contributed by atoms with Crippen molar-refractivity contribution in [1.82, 2.24) is 30.2 Å². The highest BCUT2D eigenvalue weighted by molar-refractivity contribution is 4.98. The minimum atomic E-state index is 0.418. The topological polar surface area (TPSA) is 72.3 Å². The summed E-state index contributed by atoms with van der Waals surface area (Å²) in [5, 5.41) is 13.7. The first-order chi connectivity index (χ1) is 4.97. The maximum absolute atomic E-state index is 3.81. The van der Waals surface area contributed by atoms with E-state index in [-0.39, 0.29) is 0 Å². The van der Waals surface area contributed by atoms with Crippen molar-refractivity contribution in [3.8, 4) is 5.95 Å². The number of aromatic amines is 1. The van der Waals surface area contributed by atoms with E-state index in [2.05, 4.69) is 31.6 Å². The van der Waals surface area contributed by atoms with E-state index >= 15 is 0 Å². The Morgan fingerprint density at radius 1 is 1.60 bits per heavy atom. The van der Waals surface area contributed by atoms with Gasteiger partial charge in [0.2, 0.25) is 0 Å². The Balaban J connectivity index is 2.48. The van der Waals surface area contributed by atoms with Gasteiger partial charge in [0.05, 0.1) is 6.20 Å². The smallest absolute Gasteiger partial charge is 0.264 e. The highest BCUT2D eigenvalue weighted by Gasteiger charge is 1.98. The molecule has 0 spiro atoms. The van der Waals surface area contributed by atoms with Crippen molar-refractivity contribution in [1.29, 1.82) is 0 Å². The molecule has 2 rings (SSSR count). The van der Waals surface area contributed by atoms with E-state index in [1.807, 2.05) is 0 Å². The van der Waals surface area contributed by atoms with Crippen LogP contribution in [0.5, 0.6) is 0 Å². The maximum atomic E-state index is 3.81. The minimum absolute atomic E-state index is 0.418. The molecule has 1 radical (unpaired) electrons. The Kier molecular flexibility index (Phi) is 0.970. The molecule has 2 aromatic heterocycles. The number of rotatable bonds is 1. The van der Waals surface area contributed by atoms with Crippen LogP contribution in [0.15, 0.2) is 12.5 Å². The maximum Gasteiger partial charge on any atom is 0.287 e. The van der Waals surface area contributed by atoms with Crippen molar-refractivity contribution in [3.05, 3.63) is 18.7 Å². The van der Waals surface area contributed by atoms with Crippen LogP contribution in [0.3, 0.4) is 0 Å². The van der Waals surface area contributed by atoms with Crippen molar-refractivity contribution in [2.24, 2.45) is 0 Å². The first kappa shape index (κ1) is 5.10. The molecule has 0 aromatic carbocycles. The van der Waals surface area contributed by atoms with Gasteiger partial charge in [0, 0.05) is 0 Å². The second-order valence-corrected chi connectivity index (χ2v) is 1.56. The number of hydrogen-bond acceptors (Lipinski definition) is 4. The predicted molar refractivity (Wildman–Crippen MR) is 30.1 cm³/mol. The molecule has 0 bridgehead atoms. The van der Waals surface area contributed by atoms with Crippen LogP contribution in [0.4, 0.5) is 0 Å². The molecule has 0 aliphatic heterocycles. The Morgan fingerprint density at radius 3 is 3.20 bits per heavy atom. The number of aromatic nitrogens is 6. The van der Waals surface area contributed by atoms with Gasteiger partial charge in [0.25, 0.3) is 5.95 Å². The van der Waals surface area contributed by atoms with Gasteiger partial charge in [-0.15, -0.1) is 15.0 Å². The summed E-state index contributed by atoms with van der Waals surface area (Å²) >= 11 is 0. The third-order valence-electron chi connectivity index (χ3n) is 0.958. The van der Waals surface area contributed by atoms with E-state index in [9.17, 15) is 0 Å². The zero-order valence-electron chi connectivity index (χ0n) is 4.89. The summed E-state index contributed by atoms with van der Waals surface area (Å²) in [6.45, 7) is 0. The normalized spacial score (nSPS) is 10.0. The number of H-pyrrole nitrogens is 1. The predicted octanol–water partition coefficient (Wildman–Crippen LogP) is -0.814. The number of hydrogen-bond donors (Lipinski definition) is 1. The summed E-state index contributed by atoms with van der Waals surface area (Å²) in [5.74, 6) is 0.418. The van der Waals surface area contributed by atoms with Gasteiger partial charge in [-0.3, -0.25) is 5.10 Å². The SMILES string of the molecule is [c]1cnn(-c2nc[nH]n2)n1. The number of nitrogens with zero attached hydrogens (tertiary/aromatic N) is 5. The second kappa shape index (κ2) is 1.90. The largest absolute Gasteiger partial charge is 0.287 e. The Labute approximate surface area is 55.9 Å². The lowest BCUT2D eigenvalue weighted by Crippen LogP contribution is -2.00. The molecule has 49 valence electrons. The first-order valence-corrected chi connectivity index (χ1v) is 2.61. The van der Waals surface area contributed by atoms with Crippen molar-refractivity contribution in [2.75, 3.05) is 0 Å². The lowest BCUT2D eigenvalue weighted by Gasteiger charge is -1.85. The molecule has 0 aliphatic rings. The molecule has 2 heterocycles. The van der Waals surface area contributed by atoms with Crippen LogP contribution in [0.2, 0.25) is 0 Å². The molecular weight excluding hydrogens is 132 g/mol. The van der Waals surface area contributed by atoms with Crippen molar-refractivity contribution >= 4 is 0 Å². The van der Waals surface area contributed by atoms with Crippen LogP contribution in [0, 0.1) is 6.20 Å². The van der Waals surface area contributed by atoms with Gasteiger partial charge in [-0.2, -0.15) is 10.1 Å². The highest BCUT2D eigenvalue weighted by atomic mass is 15.5. The van der Waals surface area contributed by atoms with Crippen LogP contribution in [0.25, 0.3) is 5.95 Å². The molecular formula is C4H3N6. The minimum Gasteiger partial charge on any atom is -0.264 e. The fraction of sp³-hybridized carbons (Fsp3) is 0. The van der Waals surface area contributed by atoms with E-state index in [1.54, 1.807) is 0 Å². The molecule has 2 aromatic rings. The van der Waals surface area contributed by atoms with Crippen LogP contribution < -0.4 is 0 Å². The van der Waals surface area contributed by atoms with Crippen molar-refractivity contribution in [3.63, 3.8) is 0 Å². The molecule has 0 amide bonds. The van der Waals surface area contributed by atoms with E-state index in [1.165, 1.54) is 17.3 Å². The quantitative estimate of drug-likeness (QED) is 0.554. The summed E-state index contributed by atoms with van der Waals surface area (Å²) in [7, 11) is 0. The van der Waals surface area contributed by atoms with Gasteiger partial charge in [-0.1, -0.05) is 0 Å². The van der Waals surface area contributed by atoms with Crippen LogP contribution in [-0.4, -0.2) is 30.2 Å². The second-order valence-electron chi connectivity index (χ2n) is 1.56. The summed E-state index contributed by atoms with van der Waals surface area (Å²) in [6.07, 6.45) is 5.42. The van der Waals surface area contributed by atoms with Gasteiger partial charge in [0.15, 0.2) is 0 Å². The fourth-order valence-corrected chi connectivity index (χ4v) is 0.582. The van der Waals surface area contributed by atoms with Gasteiger partial charge in [-0.25, -0.2) is 0 Å². The summed E-state index contributed by atoms with van der Waals surface area (Å²) in [6, 6.07) is 0. The van der Waals surface area contributed by atoms with Gasteiger partial charge < -0.3 is 0 Å². The molecule has 0 aliphatic carbocycles. The fourth-order valence-electron chi connectivity index (χ4n) is 0.582. The van der Waals surface area contributed by atoms with E-state index in [0.717, 1.165) is 0 Å². The van der Waals surface area contributed by atoms with Gasteiger partial charge >= 0.3 is 0 Å². The van der Waals surface area contributed by atoms with E-state index in [0.29, 0.717) is 5.95 Å². The molecule has 6 heteroatoms. The standard InChI is InChI=1S/C4H3N6/c1-2-8-10(7-1)4-5-3-6-9-4/h1,3H,(H,5,6,9). The first-order valence-electron chi connectivity index (χ1n) is 2.61. The van der Waals surface area contributed by atoms with Crippen LogP contribution >= 0.6 is 0 Å². The molecule has 6 nitrogen and oxygen atoms in total. The van der Waals surface area contributed by atoms with Gasteiger partial charge in [-0.05, 0) is 0 Å². The average Bonchev–Trinajstić information content (AvgIpc) is 2.59. The van der Waals surface area contributed by atoms with Crippen molar-refractivity contribution < 1.29 is 0 Å². The molecule has 0 atom stereocenters. The molecule has 1 N–H and O–H groups in total. The van der Waals surface area contributed by atoms with Gasteiger partial charge in [0.1, 0.15) is 12.5 Å². The monoisotopic (exact) mass is 135 g/mol. The summed E-state index contributed by atoms with van der Waals surface area (Å²) in [4.78, 5) is 5.08. The van der Waals surface area contributed by atoms with Crippen LogP contribution in [0.1, 0.15) is 0 Å². The average molecular weight is 135 g/mol. The molecule has 0 unspecified atom stereocenters. The number of nitrogens with one attached hydrogen (secondary N) is 1. The molecule has 10 heavy (non-hydrogen) atoms. The van der Waals surface area contributed by atoms with E-state index < -0.39 is 0 Å². The van der Waals surface area contributed by atoms with Crippen LogP contribution in [-0.2, 0) is 0 Å². The Bertz CT molecular complexity index is 249. The third kappa shape index (κ3) is 0.661. The third-order valence-corrected chi connectivity index (χ3v) is 0.958. The summed E-state index contributed by atoms with van der Waals surface area (Å²) in [5.41, 5.74) is 0. The zero-order valence-corrected chi connectivity index (χ0v) is 4.89. The molecule has 0 fully saturated rings. The lowest BCUT2D eigenvalue weighted by molar-refractivity contribution is 0.706. The highest BCUT2D eigenvalue weighted by Crippen LogP contribution is 1.88. The summed E-state index contributed by atoms with van der Waals surface area (Å²) < 4.78 is 0. The molecule has 0 saturated heterocycles. The van der Waals surface area contributed by atoms with Crippen molar-refractivity contribution in [2.45, 2.75) is 0 Å². The lowest BCUT2D eigenvalue weighted by atomic mass is 11.0. The Morgan fingerprint density at radius 2 is 2.60 bits per heavy atom. The zero-order chi connectivity index (χ0) is 6.81. The van der Waals surface area contributed by atoms with E-state index in [4.69, 9.17) is 0 Å². The Hall–Kier alpha value is -1.72. The molecule has 0 saturated carbocycles.